The summed E-state index contributed by atoms with van der Waals surface area (Å²) in [5.74, 6) is 0. The molecule has 3 heteroatoms. The second kappa shape index (κ2) is 10.3. The first-order valence-electron chi connectivity index (χ1n) is 4.23. The van der Waals surface area contributed by atoms with Gasteiger partial charge < -0.3 is 0 Å². The van der Waals surface area contributed by atoms with Crippen molar-refractivity contribution in [2.75, 3.05) is 0 Å². The molecule has 0 atom stereocenters. The topological polar surface area (TPSA) is 25.8 Å². The standard InChI is InChI=1S/C5H6N2S.2C2H6/c1-4(2)5-6-3-7-8-5;2*1-2/h3H,1H2,2H3;2*1-2H3. The van der Waals surface area contributed by atoms with Crippen LogP contribution in [0.25, 0.3) is 5.57 Å². The Balaban J connectivity index is 0. The summed E-state index contributed by atoms with van der Waals surface area (Å²) in [4.78, 5) is 3.92. The lowest BCUT2D eigenvalue weighted by molar-refractivity contribution is 1.30. The van der Waals surface area contributed by atoms with Gasteiger partial charge >= 0.3 is 0 Å². The maximum Gasteiger partial charge on any atom is 0.138 e. The van der Waals surface area contributed by atoms with E-state index in [1.54, 1.807) is 0 Å². The van der Waals surface area contributed by atoms with Crippen LogP contribution < -0.4 is 0 Å². The number of aromatic nitrogens is 2. The highest BCUT2D eigenvalue weighted by Gasteiger charge is 1.92. The lowest BCUT2D eigenvalue weighted by Crippen LogP contribution is -1.69. The fourth-order valence-electron chi connectivity index (χ4n) is 0.361. The highest BCUT2D eigenvalue weighted by molar-refractivity contribution is 7.06. The molecule has 0 aliphatic rings. The molecule has 0 aliphatic carbocycles. The zero-order valence-corrected chi connectivity index (χ0v) is 9.40. The molecule has 0 bridgehead atoms. The van der Waals surface area contributed by atoms with Crippen LogP contribution in [0.15, 0.2) is 12.9 Å². The minimum absolute atomic E-state index is 0.921. The zero-order chi connectivity index (χ0) is 9.98. The lowest BCUT2D eigenvalue weighted by Gasteiger charge is -1.83. The number of rotatable bonds is 1. The molecule has 1 heterocycles. The minimum atomic E-state index is 0.921. The Morgan fingerprint density at radius 3 is 2.00 bits per heavy atom. The molecule has 0 radical (unpaired) electrons. The van der Waals surface area contributed by atoms with Crippen LogP contribution in [0.1, 0.15) is 39.6 Å². The van der Waals surface area contributed by atoms with Gasteiger partial charge in [-0.15, -0.1) is 0 Å². The second-order valence-electron chi connectivity index (χ2n) is 1.53. The zero-order valence-electron chi connectivity index (χ0n) is 8.59. The minimum Gasteiger partial charge on any atom is -0.223 e. The lowest BCUT2D eigenvalue weighted by atomic mass is 10.4. The van der Waals surface area contributed by atoms with Crippen molar-refractivity contribution in [2.24, 2.45) is 0 Å². The fourth-order valence-corrected chi connectivity index (χ4v) is 0.805. The van der Waals surface area contributed by atoms with Gasteiger partial charge in [0, 0.05) is 0 Å². The molecule has 0 aromatic carbocycles. The maximum absolute atomic E-state index is 3.92. The molecule has 70 valence electrons. The molecule has 1 rings (SSSR count). The Morgan fingerprint density at radius 1 is 1.33 bits per heavy atom. The first-order chi connectivity index (χ1) is 5.80. The van der Waals surface area contributed by atoms with Gasteiger partial charge in [0.2, 0.25) is 0 Å². The van der Waals surface area contributed by atoms with Crippen molar-refractivity contribution in [1.29, 1.82) is 0 Å². The number of allylic oxidation sites excluding steroid dienone is 1. The van der Waals surface area contributed by atoms with E-state index in [0.29, 0.717) is 0 Å². The highest BCUT2D eigenvalue weighted by Crippen LogP contribution is 2.09. The summed E-state index contributed by atoms with van der Waals surface area (Å²) in [6.07, 6.45) is 1.54. The molecule has 1 aromatic heterocycles. The first kappa shape index (κ1) is 13.9. The van der Waals surface area contributed by atoms with E-state index in [1.807, 2.05) is 34.6 Å². The van der Waals surface area contributed by atoms with Gasteiger partial charge in [0.05, 0.1) is 0 Å². The average molecular weight is 186 g/mol. The molecule has 0 fully saturated rings. The summed E-state index contributed by atoms with van der Waals surface area (Å²) >= 11 is 1.37. The van der Waals surface area contributed by atoms with Crippen molar-refractivity contribution in [2.45, 2.75) is 34.6 Å². The molecule has 0 spiro atoms. The third kappa shape index (κ3) is 6.04. The Labute approximate surface area is 79.5 Å². The summed E-state index contributed by atoms with van der Waals surface area (Å²) in [5.41, 5.74) is 0.979. The SMILES string of the molecule is C=C(C)c1ncns1.CC.CC. The summed E-state index contributed by atoms with van der Waals surface area (Å²) in [6, 6.07) is 0. The van der Waals surface area contributed by atoms with Crippen LogP contribution >= 0.6 is 11.5 Å². The molecule has 1 aromatic rings. The quantitative estimate of drug-likeness (QED) is 0.669. The van der Waals surface area contributed by atoms with E-state index in [4.69, 9.17) is 0 Å². The van der Waals surface area contributed by atoms with E-state index in [9.17, 15) is 0 Å². The van der Waals surface area contributed by atoms with E-state index < -0.39 is 0 Å². The third-order valence-electron chi connectivity index (χ3n) is 0.726. The van der Waals surface area contributed by atoms with Gasteiger partial charge in [0.25, 0.3) is 0 Å². The Hall–Kier alpha value is -0.700. The van der Waals surface area contributed by atoms with Gasteiger partial charge in [-0.1, -0.05) is 34.3 Å². The van der Waals surface area contributed by atoms with Crippen molar-refractivity contribution in [3.05, 3.63) is 17.9 Å². The number of nitrogens with zero attached hydrogens (tertiary/aromatic N) is 2. The molecule has 0 unspecified atom stereocenters. The van der Waals surface area contributed by atoms with Gasteiger partial charge in [-0.25, -0.2) is 4.98 Å². The molecule has 12 heavy (non-hydrogen) atoms. The number of hydrogen-bond acceptors (Lipinski definition) is 3. The summed E-state index contributed by atoms with van der Waals surface area (Å²) < 4.78 is 3.81. The van der Waals surface area contributed by atoms with Crippen LogP contribution in [0.2, 0.25) is 0 Å². The Morgan fingerprint density at radius 2 is 1.83 bits per heavy atom. The van der Waals surface area contributed by atoms with Gasteiger partial charge in [0.15, 0.2) is 0 Å². The van der Waals surface area contributed by atoms with E-state index in [0.717, 1.165) is 10.6 Å². The van der Waals surface area contributed by atoms with E-state index in [1.165, 1.54) is 17.9 Å². The van der Waals surface area contributed by atoms with Gasteiger partial charge in [-0.05, 0) is 24.0 Å². The molecule has 0 aliphatic heterocycles. The van der Waals surface area contributed by atoms with Crippen LogP contribution in [0.5, 0.6) is 0 Å². The molecular weight excluding hydrogens is 168 g/mol. The molecule has 0 N–H and O–H groups in total. The normalized spacial score (nSPS) is 7.08. The van der Waals surface area contributed by atoms with Crippen LogP contribution in [-0.2, 0) is 0 Å². The summed E-state index contributed by atoms with van der Waals surface area (Å²) in [5, 5.41) is 0.921. The first-order valence-corrected chi connectivity index (χ1v) is 5.00. The fraction of sp³-hybridized carbons (Fsp3) is 0.556. The van der Waals surface area contributed by atoms with E-state index in [2.05, 4.69) is 15.9 Å². The Bertz CT molecular complexity index is 180. The smallest absolute Gasteiger partial charge is 0.138 e. The van der Waals surface area contributed by atoms with Crippen LogP contribution in [0.4, 0.5) is 0 Å². The van der Waals surface area contributed by atoms with Gasteiger partial charge in [0.1, 0.15) is 11.3 Å². The third-order valence-corrected chi connectivity index (χ3v) is 1.55. The second-order valence-corrected chi connectivity index (χ2v) is 2.31. The number of hydrogen-bond donors (Lipinski definition) is 0. The van der Waals surface area contributed by atoms with Crippen LogP contribution in [0.3, 0.4) is 0 Å². The maximum atomic E-state index is 3.92. The van der Waals surface area contributed by atoms with Crippen molar-refractivity contribution >= 4 is 17.1 Å². The average Bonchev–Trinajstić information content (AvgIpc) is 2.64. The molecule has 0 amide bonds. The molecule has 0 saturated carbocycles. The van der Waals surface area contributed by atoms with Crippen molar-refractivity contribution < 1.29 is 0 Å². The predicted molar refractivity (Wildman–Crippen MR) is 57.3 cm³/mol. The van der Waals surface area contributed by atoms with Crippen molar-refractivity contribution in [3.8, 4) is 0 Å². The van der Waals surface area contributed by atoms with Crippen molar-refractivity contribution in [1.82, 2.24) is 9.36 Å². The van der Waals surface area contributed by atoms with Gasteiger partial charge in [-0.3, -0.25) is 0 Å². The van der Waals surface area contributed by atoms with Gasteiger partial charge in [-0.2, -0.15) is 4.37 Å². The Kier molecular flexibility index (Phi) is 11.9. The predicted octanol–water partition coefficient (Wildman–Crippen LogP) is 3.62. The van der Waals surface area contributed by atoms with Crippen molar-refractivity contribution in [3.63, 3.8) is 0 Å². The highest BCUT2D eigenvalue weighted by atomic mass is 32.1. The summed E-state index contributed by atoms with van der Waals surface area (Å²) in [6.45, 7) is 13.6. The van der Waals surface area contributed by atoms with Crippen LogP contribution in [0, 0.1) is 0 Å². The van der Waals surface area contributed by atoms with E-state index >= 15 is 0 Å². The monoisotopic (exact) mass is 186 g/mol. The molecule has 2 nitrogen and oxygen atoms in total. The van der Waals surface area contributed by atoms with E-state index in [-0.39, 0.29) is 0 Å². The van der Waals surface area contributed by atoms with Crippen LogP contribution in [-0.4, -0.2) is 9.36 Å². The molecular formula is C9H18N2S. The summed E-state index contributed by atoms with van der Waals surface area (Å²) in [7, 11) is 0. The largest absolute Gasteiger partial charge is 0.223 e. The molecule has 0 saturated heterocycles.